The lowest BCUT2D eigenvalue weighted by atomic mass is 10.1. The minimum atomic E-state index is -4.32. The summed E-state index contributed by atoms with van der Waals surface area (Å²) in [6.07, 6.45) is -4.32. The first-order valence-corrected chi connectivity index (χ1v) is 6.54. The molecule has 0 aliphatic rings. The fourth-order valence-corrected chi connectivity index (χ4v) is 2.48. The van der Waals surface area contributed by atoms with Crippen LogP contribution in [0.4, 0.5) is 18.2 Å². The highest BCUT2D eigenvalue weighted by Gasteiger charge is 2.30. The van der Waals surface area contributed by atoms with Gasteiger partial charge < -0.3 is 5.73 Å². The van der Waals surface area contributed by atoms with Crippen molar-refractivity contribution in [1.82, 2.24) is 4.98 Å². The quantitative estimate of drug-likeness (QED) is 0.880. The molecule has 102 valence electrons. The highest BCUT2D eigenvalue weighted by atomic mass is 32.1. The number of nitrogens with zero attached hydrogens (tertiary/aromatic N) is 1. The molecule has 2 nitrogen and oxygen atoms in total. The van der Waals surface area contributed by atoms with Crippen molar-refractivity contribution in [2.45, 2.75) is 25.9 Å². The van der Waals surface area contributed by atoms with Gasteiger partial charge in [0.25, 0.3) is 0 Å². The molecule has 0 bridgehead atoms. The van der Waals surface area contributed by atoms with Crippen LogP contribution in [0.1, 0.15) is 30.3 Å². The standard InChI is InChI=1S/C13H13F3N2S/c1-7(2)12-18-10(11(17)19-12)8-3-5-9(6-4-8)13(14,15)16/h3-7H,17H2,1-2H3. The lowest BCUT2D eigenvalue weighted by molar-refractivity contribution is -0.137. The number of halogens is 3. The average molecular weight is 286 g/mol. The molecule has 0 aliphatic heterocycles. The Bertz CT molecular complexity index is 571. The Morgan fingerprint density at radius 1 is 1.16 bits per heavy atom. The van der Waals surface area contributed by atoms with Crippen LogP contribution in [0, 0.1) is 0 Å². The topological polar surface area (TPSA) is 38.9 Å². The van der Waals surface area contributed by atoms with E-state index in [0.29, 0.717) is 16.3 Å². The van der Waals surface area contributed by atoms with Crippen LogP contribution in [-0.4, -0.2) is 4.98 Å². The Kier molecular flexibility index (Phi) is 3.54. The van der Waals surface area contributed by atoms with Crippen molar-refractivity contribution in [3.63, 3.8) is 0 Å². The fraction of sp³-hybridized carbons (Fsp3) is 0.308. The highest BCUT2D eigenvalue weighted by molar-refractivity contribution is 7.16. The van der Waals surface area contributed by atoms with Gasteiger partial charge in [0.15, 0.2) is 0 Å². The number of alkyl halides is 3. The number of hydrogen-bond donors (Lipinski definition) is 1. The van der Waals surface area contributed by atoms with Gasteiger partial charge in [-0.05, 0) is 12.1 Å². The molecule has 0 atom stereocenters. The molecule has 1 aromatic carbocycles. The van der Waals surface area contributed by atoms with Crippen LogP contribution >= 0.6 is 11.3 Å². The molecule has 0 saturated carbocycles. The predicted molar refractivity (Wildman–Crippen MR) is 71.1 cm³/mol. The Morgan fingerprint density at radius 3 is 2.16 bits per heavy atom. The largest absolute Gasteiger partial charge is 0.416 e. The van der Waals surface area contributed by atoms with Crippen molar-refractivity contribution in [2.75, 3.05) is 5.73 Å². The maximum atomic E-state index is 12.5. The number of nitrogens with two attached hydrogens (primary N) is 1. The molecule has 6 heteroatoms. The fourth-order valence-electron chi connectivity index (χ4n) is 1.62. The monoisotopic (exact) mass is 286 g/mol. The van der Waals surface area contributed by atoms with Crippen molar-refractivity contribution >= 4 is 16.3 Å². The molecule has 0 saturated heterocycles. The van der Waals surface area contributed by atoms with Gasteiger partial charge in [0, 0.05) is 11.5 Å². The van der Waals surface area contributed by atoms with Crippen molar-refractivity contribution < 1.29 is 13.2 Å². The molecule has 0 unspecified atom stereocenters. The maximum Gasteiger partial charge on any atom is 0.416 e. The molecule has 0 fully saturated rings. The SMILES string of the molecule is CC(C)c1nc(-c2ccc(C(F)(F)F)cc2)c(N)s1. The van der Waals surface area contributed by atoms with Gasteiger partial charge in [0.05, 0.1) is 10.6 Å². The molecule has 2 rings (SSSR count). The van der Waals surface area contributed by atoms with Gasteiger partial charge in [0.2, 0.25) is 0 Å². The summed E-state index contributed by atoms with van der Waals surface area (Å²) in [6.45, 7) is 3.99. The number of benzene rings is 1. The van der Waals surface area contributed by atoms with E-state index in [1.54, 1.807) is 0 Å². The first-order valence-electron chi connectivity index (χ1n) is 5.73. The highest BCUT2D eigenvalue weighted by Crippen LogP contribution is 2.35. The number of thiazole rings is 1. The minimum Gasteiger partial charge on any atom is -0.389 e. The number of anilines is 1. The molecule has 0 aliphatic carbocycles. The Balaban J connectivity index is 2.37. The van der Waals surface area contributed by atoms with Gasteiger partial charge in [-0.3, -0.25) is 0 Å². The van der Waals surface area contributed by atoms with Gasteiger partial charge in [-0.1, -0.05) is 26.0 Å². The van der Waals surface area contributed by atoms with E-state index in [2.05, 4.69) is 4.98 Å². The second kappa shape index (κ2) is 4.85. The molecular weight excluding hydrogens is 273 g/mol. The van der Waals surface area contributed by atoms with Crippen LogP contribution in [0.25, 0.3) is 11.3 Å². The summed E-state index contributed by atoms with van der Waals surface area (Å²) in [7, 11) is 0. The van der Waals surface area contributed by atoms with Crippen LogP contribution in [0.2, 0.25) is 0 Å². The molecule has 2 aromatic rings. The van der Waals surface area contributed by atoms with Crippen molar-refractivity contribution in [3.05, 3.63) is 34.8 Å². The van der Waals surface area contributed by atoms with E-state index in [0.717, 1.165) is 17.1 Å². The van der Waals surface area contributed by atoms with E-state index in [4.69, 9.17) is 5.73 Å². The van der Waals surface area contributed by atoms with E-state index < -0.39 is 11.7 Å². The summed E-state index contributed by atoms with van der Waals surface area (Å²) in [4.78, 5) is 4.38. The van der Waals surface area contributed by atoms with Gasteiger partial charge in [-0.15, -0.1) is 11.3 Å². The zero-order valence-electron chi connectivity index (χ0n) is 10.5. The molecule has 0 amide bonds. The van der Waals surface area contributed by atoms with Crippen molar-refractivity contribution in [3.8, 4) is 11.3 Å². The third kappa shape index (κ3) is 2.89. The maximum absolute atomic E-state index is 12.5. The van der Waals surface area contributed by atoms with E-state index >= 15 is 0 Å². The van der Waals surface area contributed by atoms with E-state index in [-0.39, 0.29) is 5.92 Å². The first-order chi connectivity index (χ1) is 8.79. The number of nitrogen functional groups attached to an aromatic ring is 1. The number of rotatable bonds is 2. The van der Waals surface area contributed by atoms with E-state index in [9.17, 15) is 13.2 Å². The van der Waals surface area contributed by atoms with Crippen LogP contribution in [0.3, 0.4) is 0 Å². The summed E-state index contributed by atoms with van der Waals surface area (Å²) >= 11 is 1.37. The Hall–Kier alpha value is -1.56. The van der Waals surface area contributed by atoms with Crippen LogP contribution < -0.4 is 5.73 Å². The van der Waals surface area contributed by atoms with Crippen LogP contribution in [0.15, 0.2) is 24.3 Å². The molecular formula is C13H13F3N2S. The predicted octanol–water partition coefficient (Wildman–Crippen LogP) is 4.53. The van der Waals surface area contributed by atoms with Gasteiger partial charge in [-0.25, -0.2) is 4.98 Å². The zero-order valence-corrected chi connectivity index (χ0v) is 11.3. The molecule has 1 aromatic heterocycles. The third-order valence-electron chi connectivity index (χ3n) is 2.65. The van der Waals surface area contributed by atoms with Gasteiger partial charge in [-0.2, -0.15) is 13.2 Å². The van der Waals surface area contributed by atoms with Crippen molar-refractivity contribution in [1.29, 1.82) is 0 Å². The molecule has 19 heavy (non-hydrogen) atoms. The minimum absolute atomic E-state index is 0.246. The Morgan fingerprint density at radius 2 is 1.74 bits per heavy atom. The van der Waals surface area contributed by atoms with Gasteiger partial charge in [0.1, 0.15) is 10.7 Å². The van der Waals surface area contributed by atoms with E-state index in [1.165, 1.54) is 23.5 Å². The number of aromatic nitrogens is 1. The lowest BCUT2D eigenvalue weighted by Crippen LogP contribution is -2.04. The lowest BCUT2D eigenvalue weighted by Gasteiger charge is -2.06. The summed E-state index contributed by atoms with van der Waals surface area (Å²) < 4.78 is 37.4. The second-order valence-electron chi connectivity index (χ2n) is 4.49. The van der Waals surface area contributed by atoms with Crippen LogP contribution in [-0.2, 0) is 6.18 Å². The average Bonchev–Trinajstić information content (AvgIpc) is 2.70. The van der Waals surface area contributed by atoms with Gasteiger partial charge >= 0.3 is 6.18 Å². The summed E-state index contributed by atoms with van der Waals surface area (Å²) in [5, 5.41) is 1.41. The smallest absolute Gasteiger partial charge is 0.389 e. The molecule has 2 N–H and O–H groups in total. The normalized spacial score (nSPS) is 12.1. The summed E-state index contributed by atoms with van der Waals surface area (Å²) in [5.74, 6) is 0.246. The summed E-state index contributed by atoms with van der Waals surface area (Å²) in [6, 6.07) is 4.89. The first kappa shape index (κ1) is 13.9. The molecule has 0 spiro atoms. The van der Waals surface area contributed by atoms with Crippen LogP contribution in [0.5, 0.6) is 0 Å². The molecule has 0 radical (unpaired) electrons. The number of hydrogen-bond acceptors (Lipinski definition) is 3. The second-order valence-corrected chi connectivity index (χ2v) is 5.56. The molecule has 1 heterocycles. The summed E-state index contributed by atoms with van der Waals surface area (Å²) in [5.41, 5.74) is 6.36. The van der Waals surface area contributed by atoms with E-state index in [1.807, 2.05) is 13.8 Å². The zero-order chi connectivity index (χ0) is 14.2. The Labute approximate surface area is 113 Å². The third-order valence-corrected chi connectivity index (χ3v) is 3.83. The van der Waals surface area contributed by atoms with Crippen molar-refractivity contribution in [2.24, 2.45) is 0 Å².